The third kappa shape index (κ3) is 1.91. The molecule has 0 spiro atoms. The smallest absolute Gasteiger partial charge is 0.155 e. The number of Topliss-reactive ketones (excluding diaryl/α,β-unsaturated/α-hetero) is 2. The van der Waals surface area contributed by atoms with E-state index in [0.717, 1.165) is 0 Å². The van der Waals surface area contributed by atoms with Crippen LogP contribution in [0.1, 0.15) is 27.2 Å². The molecule has 0 aliphatic carbocycles. The Morgan fingerprint density at radius 3 is 2.42 bits per heavy atom. The van der Waals surface area contributed by atoms with Gasteiger partial charge in [0.15, 0.2) is 5.78 Å². The second-order valence-electron chi connectivity index (χ2n) is 4.29. The standard InChI is InChI=1S/C9H15NO2/c1-9(2,3)8(12)7-4-6(11)5-10-7/h7,10H,4-5H2,1-3H3. The zero-order chi connectivity index (χ0) is 9.35. The van der Waals surface area contributed by atoms with Crippen LogP contribution in [0.15, 0.2) is 0 Å². The van der Waals surface area contributed by atoms with Gasteiger partial charge in [-0.1, -0.05) is 20.8 Å². The van der Waals surface area contributed by atoms with Crippen LogP contribution in [0.4, 0.5) is 0 Å². The molecule has 1 heterocycles. The van der Waals surface area contributed by atoms with Gasteiger partial charge < -0.3 is 5.32 Å². The minimum absolute atomic E-state index is 0.133. The van der Waals surface area contributed by atoms with Crippen molar-refractivity contribution in [3.8, 4) is 0 Å². The summed E-state index contributed by atoms with van der Waals surface area (Å²) in [5.74, 6) is 0.269. The maximum Gasteiger partial charge on any atom is 0.155 e. The summed E-state index contributed by atoms with van der Waals surface area (Å²) in [6.07, 6.45) is 0.371. The fourth-order valence-electron chi connectivity index (χ4n) is 1.32. The first-order valence-corrected chi connectivity index (χ1v) is 4.20. The van der Waals surface area contributed by atoms with E-state index in [1.54, 1.807) is 0 Å². The maximum absolute atomic E-state index is 11.6. The molecule has 0 amide bonds. The monoisotopic (exact) mass is 169 g/mol. The number of carbonyl (C=O) groups excluding carboxylic acids is 2. The Morgan fingerprint density at radius 2 is 2.08 bits per heavy atom. The SMILES string of the molecule is CC(C)(C)C(=O)C1CC(=O)CN1. The highest BCUT2D eigenvalue weighted by atomic mass is 16.1. The van der Waals surface area contributed by atoms with E-state index in [1.165, 1.54) is 0 Å². The zero-order valence-electron chi connectivity index (χ0n) is 7.81. The molecule has 0 saturated carbocycles. The number of hydrogen-bond acceptors (Lipinski definition) is 3. The van der Waals surface area contributed by atoms with Gasteiger partial charge in [0, 0.05) is 11.8 Å². The van der Waals surface area contributed by atoms with Crippen molar-refractivity contribution in [2.45, 2.75) is 33.2 Å². The fraction of sp³-hybridized carbons (Fsp3) is 0.778. The van der Waals surface area contributed by atoms with Crippen LogP contribution in [-0.2, 0) is 9.59 Å². The summed E-state index contributed by atoms with van der Waals surface area (Å²) >= 11 is 0. The number of rotatable bonds is 1. The molecule has 1 unspecified atom stereocenters. The number of carbonyl (C=O) groups is 2. The largest absolute Gasteiger partial charge is 0.300 e. The van der Waals surface area contributed by atoms with Crippen LogP contribution >= 0.6 is 0 Å². The van der Waals surface area contributed by atoms with Gasteiger partial charge in [-0.3, -0.25) is 9.59 Å². The van der Waals surface area contributed by atoms with Gasteiger partial charge in [0.1, 0.15) is 5.78 Å². The Bertz CT molecular complexity index is 215. The van der Waals surface area contributed by atoms with Crippen molar-refractivity contribution in [2.75, 3.05) is 6.54 Å². The van der Waals surface area contributed by atoms with E-state index in [9.17, 15) is 9.59 Å². The number of ketones is 2. The molecule has 1 rings (SSSR count). The van der Waals surface area contributed by atoms with Crippen LogP contribution in [0.3, 0.4) is 0 Å². The first-order valence-electron chi connectivity index (χ1n) is 4.20. The van der Waals surface area contributed by atoms with Crippen LogP contribution in [0.2, 0.25) is 0 Å². The van der Waals surface area contributed by atoms with Crippen LogP contribution < -0.4 is 5.32 Å². The normalized spacial score (nSPS) is 24.6. The van der Waals surface area contributed by atoms with Crippen molar-refractivity contribution in [2.24, 2.45) is 5.41 Å². The van der Waals surface area contributed by atoms with Crippen LogP contribution in [0.25, 0.3) is 0 Å². The van der Waals surface area contributed by atoms with E-state index in [2.05, 4.69) is 5.32 Å². The summed E-state index contributed by atoms with van der Waals surface area (Å²) in [4.78, 5) is 22.5. The summed E-state index contributed by atoms with van der Waals surface area (Å²) in [7, 11) is 0. The molecule has 1 aliphatic rings. The molecule has 0 aromatic rings. The quantitative estimate of drug-likeness (QED) is 0.623. The van der Waals surface area contributed by atoms with Crippen molar-refractivity contribution >= 4 is 11.6 Å². The lowest BCUT2D eigenvalue weighted by Gasteiger charge is -2.20. The van der Waals surface area contributed by atoms with Crippen LogP contribution in [0.5, 0.6) is 0 Å². The highest BCUT2D eigenvalue weighted by Gasteiger charge is 2.34. The molecular formula is C9H15NO2. The van der Waals surface area contributed by atoms with Crippen molar-refractivity contribution in [1.29, 1.82) is 0 Å². The van der Waals surface area contributed by atoms with E-state index in [0.29, 0.717) is 13.0 Å². The molecule has 0 radical (unpaired) electrons. The van der Waals surface area contributed by atoms with Gasteiger partial charge in [-0.2, -0.15) is 0 Å². The predicted molar refractivity (Wildman–Crippen MR) is 45.9 cm³/mol. The van der Waals surface area contributed by atoms with E-state index < -0.39 is 0 Å². The molecule has 3 nitrogen and oxygen atoms in total. The molecule has 0 aromatic carbocycles. The van der Waals surface area contributed by atoms with Gasteiger partial charge in [-0.25, -0.2) is 0 Å². The Balaban J connectivity index is 2.61. The van der Waals surface area contributed by atoms with Gasteiger partial charge in [-0.05, 0) is 0 Å². The average Bonchev–Trinajstić information content (AvgIpc) is 2.32. The molecule has 1 atom stereocenters. The molecule has 12 heavy (non-hydrogen) atoms. The third-order valence-electron chi connectivity index (χ3n) is 2.03. The van der Waals surface area contributed by atoms with Gasteiger partial charge in [0.2, 0.25) is 0 Å². The second kappa shape index (κ2) is 2.98. The van der Waals surface area contributed by atoms with Crippen LogP contribution in [-0.4, -0.2) is 24.2 Å². The molecule has 3 heteroatoms. The first kappa shape index (κ1) is 9.39. The van der Waals surface area contributed by atoms with Crippen molar-refractivity contribution in [3.63, 3.8) is 0 Å². The average molecular weight is 169 g/mol. The number of nitrogens with one attached hydrogen (secondary N) is 1. The van der Waals surface area contributed by atoms with E-state index >= 15 is 0 Å². The third-order valence-corrected chi connectivity index (χ3v) is 2.03. The Morgan fingerprint density at radius 1 is 1.50 bits per heavy atom. The summed E-state index contributed by atoms with van der Waals surface area (Å²) in [6.45, 7) is 5.98. The predicted octanol–water partition coefficient (Wildman–Crippen LogP) is 0.533. The lowest BCUT2D eigenvalue weighted by atomic mass is 9.86. The molecule has 1 saturated heterocycles. The first-order chi connectivity index (χ1) is 5.41. The highest BCUT2D eigenvalue weighted by molar-refractivity contribution is 5.96. The van der Waals surface area contributed by atoms with Gasteiger partial charge in [0.25, 0.3) is 0 Å². The lowest BCUT2D eigenvalue weighted by molar-refractivity contribution is -0.128. The molecule has 1 aliphatic heterocycles. The Kier molecular flexibility index (Phi) is 2.33. The van der Waals surface area contributed by atoms with Gasteiger partial charge in [-0.15, -0.1) is 0 Å². The minimum atomic E-state index is -0.345. The molecule has 0 bridgehead atoms. The molecule has 1 fully saturated rings. The van der Waals surface area contributed by atoms with Crippen molar-refractivity contribution in [1.82, 2.24) is 5.32 Å². The fourth-order valence-corrected chi connectivity index (χ4v) is 1.32. The number of hydrogen-bond donors (Lipinski definition) is 1. The van der Waals surface area contributed by atoms with E-state index in [4.69, 9.17) is 0 Å². The van der Waals surface area contributed by atoms with Gasteiger partial charge >= 0.3 is 0 Å². The van der Waals surface area contributed by atoms with E-state index in [-0.39, 0.29) is 23.0 Å². The van der Waals surface area contributed by atoms with E-state index in [1.807, 2.05) is 20.8 Å². The lowest BCUT2D eigenvalue weighted by Crippen LogP contribution is -2.38. The maximum atomic E-state index is 11.6. The Hall–Kier alpha value is -0.700. The van der Waals surface area contributed by atoms with Crippen molar-refractivity contribution < 1.29 is 9.59 Å². The summed E-state index contributed by atoms with van der Waals surface area (Å²) in [5.41, 5.74) is -0.345. The summed E-state index contributed by atoms with van der Waals surface area (Å²) < 4.78 is 0. The molecule has 68 valence electrons. The Labute approximate surface area is 72.5 Å². The summed E-state index contributed by atoms with van der Waals surface area (Å²) in [5, 5.41) is 2.91. The second-order valence-corrected chi connectivity index (χ2v) is 4.29. The highest BCUT2D eigenvalue weighted by Crippen LogP contribution is 2.19. The van der Waals surface area contributed by atoms with Crippen molar-refractivity contribution in [3.05, 3.63) is 0 Å². The molecular weight excluding hydrogens is 154 g/mol. The minimum Gasteiger partial charge on any atom is -0.300 e. The molecule has 0 aromatic heterocycles. The van der Waals surface area contributed by atoms with Crippen LogP contribution in [0, 0.1) is 5.41 Å². The molecule has 1 N–H and O–H groups in total. The van der Waals surface area contributed by atoms with Gasteiger partial charge in [0.05, 0.1) is 12.6 Å². The zero-order valence-corrected chi connectivity index (χ0v) is 7.81. The summed E-state index contributed by atoms with van der Waals surface area (Å²) in [6, 6.07) is -0.238. The topological polar surface area (TPSA) is 46.2 Å².